The van der Waals surface area contributed by atoms with Crippen molar-refractivity contribution in [1.29, 1.82) is 0 Å². The minimum absolute atomic E-state index is 0.137. The van der Waals surface area contributed by atoms with Crippen molar-refractivity contribution in [3.05, 3.63) is 178 Å². The zero-order valence-electron chi connectivity index (χ0n) is 24.0. The van der Waals surface area contributed by atoms with Crippen LogP contribution in [0.1, 0.15) is 51.3 Å². The summed E-state index contributed by atoms with van der Waals surface area (Å²) in [6.07, 6.45) is 4.17. The number of sulfonamides is 1. The number of benzene rings is 5. The summed E-state index contributed by atoms with van der Waals surface area (Å²) < 4.78 is 30.6. The highest BCUT2D eigenvalue weighted by Crippen LogP contribution is 2.63. The van der Waals surface area contributed by atoms with Crippen LogP contribution in [-0.4, -0.2) is 13.3 Å². The third kappa shape index (κ3) is 4.15. The second-order valence-electron chi connectivity index (χ2n) is 11.6. The summed E-state index contributed by atoms with van der Waals surface area (Å²) >= 11 is 6.35. The van der Waals surface area contributed by atoms with Crippen molar-refractivity contribution >= 4 is 38.7 Å². The Bertz CT molecular complexity index is 2070. The highest BCUT2D eigenvalue weighted by atomic mass is 35.5. The Kier molecular flexibility index (Phi) is 6.30. The summed E-state index contributed by atoms with van der Waals surface area (Å²) in [5, 5.41) is 0.670. The van der Waals surface area contributed by atoms with Gasteiger partial charge in [-0.3, -0.25) is 0 Å². The molecule has 2 heterocycles. The van der Waals surface area contributed by atoms with E-state index in [1.165, 1.54) is 15.4 Å². The lowest BCUT2D eigenvalue weighted by atomic mass is 9.61. The molecule has 0 amide bonds. The molecule has 0 N–H and O–H groups in total. The zero-order valence-corrected chi connectivity index (χ0v) is 25.6. The smallest absolute Gasteiger partial charge is 0.268 e. The Morgan fingerprint density at radius 3 is 1.98 bits per heavy atom. The molecule has 0 aromatic heterocycles. The number of halogens is 1. The molecule has 216 valence electrons. The van der Waals surface area contributed by atoms with Crippen molar-refractivity contribution in [3.8, 4) is 0 Å². The molecule has 6 heteroatoms. The van der Waals surface area contributed by atoms with Crippen molar-refractivity contribution in [1.82, 2.24) is 4.90 Å². The van der Waals surface area contributed by atoms with Gasteiger partial charge in [-0.1, -0.05) is 120 Å². The Labute approximate surface area is 263 Å². The van der Waals surface area contributed by atoms with Gasteiger partial charge in [0.1, 0.15) is 0 Å². The summed E-state index contributed by atoms with van der Waals surface area (Å²) in [6, 6.07) is 41.5. The molecule has 5 aromatic carbocycles. The Balaban J connectivity index is 1.44. The molecule has 0 fully saturated rings. The molecule has 3 atom stereocenters. The lowest BCUT2D eigenvalue weighted by Crippen LogP contribution is -2.41. The predicted octanol–water partition coefficient (Wildman–Crippen LogP) is 9.13. The van der Waals surface area contributed by atoms with Crippen LogP contribution in [0.25, 0.3) is 11.4 Å². The van der Waals surface area contributed by atoms with Gasteiger partial charge in [-0.05, 0) is 59.5 Å². The molecule has 5 aromatic rings. The third-order valence-corrected chi connectivity index (χ3v) is 11.0. The van der Waals surface area contributed by atoms with Crippen LogP contribution in [0.4, 0.5) is 5.69 Å². The van der Waals surface area contributed by atoms with E-state index in [4.69, 9.17) is 11.6 Å². The first-order valence-electron chi connectivity index (χ1n) is 14.7. The lowest BCUT2D eigenvalue weighted by Gasteiger charge is -2.52. The Morgan fingerprint density at radius 2 is 1.25 bits per heavy atom. The SMILES string of the molecule is Cc1ccc(S(=O)(=O)N2C=C(c3ccccc3)N3C(c4ccc(Cl)cc4)=CC4c5ccccc5C4C3c3ccccc32)cc1. The number of hydrogen-bond donors (Lipinski definition) is 0. The van der Waals surface area contributed by atoms with E-state index in [1.807, 2.05) is 73.8 Å². The maximum absolute atomic E-state index is 14.6. The topological polar surface area (TPSA) is 40.6 Å². The number of hydrogen-bond acceptors (Lipinski definition) is 3. The van der Waals surface area contributed by atoms with Gasteiger partial charge in [0, 0.05) is 34.3 Å². The number of para-hydroxylation sites is 1. The molecule has 0 bridgehead atoms. The van der Waals surface area contributed by atoms with Gasteiger partial charge in [-0.15, -0.1) is 0 Å². The number of fused-ring (bicyclic) bond motifs is 8. The molecule has 3 aliphatic rings. The van der Waals surface area contributed by atoms with Crippen LogP contribution in [0, 0.1) is 6.92 Å². The summed E-state index contributed by atoms with van der Waals surface area (Å²) in [5.41, 5.74) is 9.05. The van der Waals surface area contributed by atoms with Gasteiger partial charge < -0.3 is 4.90 Å². The average molecular weight is 613 g/mol. The lowest BCUT2D eigenvalue weighted by molar-refractivity contribution is 0.286. The van der Waals surface area contributed by atoms with Crippen molar-refractivity contribution < 1.29 is 8.42 Å². The molecule has 0 spiro atoms. The first kappa shape index (κ1) is 27.0. The highest BCUT2D eigenvalue weighted by Gasteiger charge is 2.51. The number of anilines is 1. The maximum atomic E-state index is 14.6. The monoisotopic (exact) mass is 612 g/mol. The molecular weight excluding hydrogens is 584 g/mol. The van der Waals surface area contributed by atoms with Gasteiger partial charge in [0.05, 0.1) is 22.3 Å². The predicted molar refractivity (Wildman–Crippen MR) is 178 cm³/mol. The minimum Gasteiger partial charge on any atom is -0.331 e. The fraction of sp³-hybridized carbons (Fsp3) is 0.105. The largest absolute Gasteiger partial charge is 0.331 e. The van der Waals surface area contributed by atoms with Crippen LogP contribution in [0.3, 0.4) is 0 Å². The normalized spacial score (nSPS) is 20.2. The van der Waals surface area contributed by atoms with E-state index in [2.05, 4.69) is 65.6 Å². The van der Waals surface area contributed by atoms with E-state index in [-0.39, 0.29) is 22.8 Å². The second-order valence-corrected chi connectivity index (χ2v) is 13.9. The van der Waals surface area contributed by atoms with Gasteiger partial charge in [0.15, 0.2) is 0 Å². The first-order chi connectivity index (χ1) is 21.4. The molecular formula is C38H29ClN2O2S. The minimum atomic E-state index is -3.97. The molecule has 0 saturated heterocycles. The molecule has 2 aliphatic heterocycles. The second kappa shape index (κ2) is 10.3. The van der Waals surface area contributed by atoms with Crippen LogP contribution in [0.15, 0.2) is 145 Å². The molecule has 8 rings (SSSR count). The zero-order chi connectivity index (χ0) is 30.0. The number of rotatable bonds is 4. The molecule has 0 radical (unpaired) electrons. The summed E-state index contributed by atoms with van der Waals surface area (Å²) in [7, 11) is -3.97. The standard InChI is InChI=1S/C38H29ClN2O2S/c1-25-15-21-29(22-16-25)44(42,43)40-24-36(26-9-3-2-4-10-26)41-35(27-17-19-28(39)20-18-27)23-33-30-11-5-6-12-31(30)37(33)38(41)32-13-7-8-14-34(32)40/h2-24,33,37-38H,1H3. The number of nitrogens with zero attached hydrogens (tertiary/aromatic N) is 2. The fourth-order valence-corrected chi connectivity index (χ4v) is 8.52. The number of allylic oxidation sites excluding steroid dienone is 1. The van der Waals surface area contributed by atoms with Crippen molar-refractivity contribution in [2.24, 2.45) is 0 Å². The number of aryl methyl sites for hydroxylation is 1. The highest BCUT2D eigenvalue weighted by molar-refractivity contribution is 7.93. The van der Waals surface area contributed by atoms with Crippen molar-refractivity contribution in [2.45, 2.75) is 29.7 Å². The summed E-state index contributed by atoms with van der Waals surface area (Å²) in [4.78, 5) is 2.61. The average Bonchev–Trinajstić information content (AvgIpc) is 3.19. The van der Waals surface area contributed by atoms with Gasteiger partial charge in [-0.25, -0.2) is 12.7 Å². The quantitative estimate of drug-likeness (QED) is 0.203. The van der Waals surface area contributed by atoms with E-state index < -0.39 is 10.0 Å². The van der Waals surface area contributed by atoms with Crippen molar-refractivity contribution in [2.75, 3.05) is 4.31 Å². The summed E-state index contributed by atoms with van der Waals surface area (Å²) in [5.74, 6) is 0.320. The van der Waals surface area contributed by atoms with Crippen molar-refractivity contribution in [3.63, 3.8) is 0 Å². The van der Waals surface area contributed by atoms with E-state index in [9.17, 15) is 8.42 Å². The maximum Gasteiger partial charge on any atom is 0.268 e. The molecule has 3 unspecified atom stereocenters. The Hall–Kier alpha value is -4.58. The van der Waals surface area contributed by atoms with E-state index in [0.29, 0.717) is 10.7 Å². The molecule has 1 aliphatic carbocycles. The van der Waals surface area contributed by atoms with Gasteiger partial charge in [0.25, 0.3) is 10.0 Å². The van der Waals surface area contributed by atoms with Gasteiger partial charge >= 0.3 is 0 Å². The fourth-order valence-electron chi connectivity index (χ4n) is 7.02. The van der Waals surface area contributed by atoms with Crippen LogP contribution >= 0.6 is 11.6 Å². The van der Waals surface area contributed by atoms with Gasteiger partial charge in [-0.2, -0.15) is 0 Å². The summed E-state index contributed by atoms with van der Waals surface area (Å²) in [6.45, 7) is 1.96. The molecule has 0 saturated carbocycles. The van der Waals surface area contributed by atoms with Crippen LogP contribution in [-0.2, 0) is 10.0 Å². The van der Waals surface area contributed by atoms with Crippen LogP contribution < -0.4 is 4.31 Å². The van der Waals surface area contributed by atoms with E-state index >= 15 is 0 Å². The molecule has 44 heavy (non-hydrogen) atoms. The molecule has 4 nitrogen and oxygen atoms in total. The van der Waals surface area contributed by atoms with E-state index in [1.54, 1.807) is 12.1 Å². The van der Waals surface area contributed by atoms with Crippen LogP contribution in [0.5, 0.6) is 0 Å². The van der Waals surface area contributed by atoms with Crippen LogP contribution in [0.2, 0.25) is 5.02 Å². The van der Waals surface area contributed by atoms with Gasteiger partial charge in [0.2, 0.25) is 0 Å². The third-order valence-electron chi connectivity index (χ3n) is 9.10. The van der Waals surface area contributed by atoms with E-state index in [0.717, 1.165) is 33.6 Å². The Morgan fingerprint density at radius 1 is 0.636 bits per heavy atom. The first-order valence-corrected chi connectivity index (χ1v) is 16.6.